The van der Waals surface area contributed by atoms with Crippen LogP contribution in [0.1, 0.15) is 13.8 Å². The number of anilines is 1. The van der Waals surface area contributed by atoms with Gasteiger partial charge in [-0.3, -0.25) is 0 Å². The van der Waals surface area contributed by atoms with Gasteiger partial charge in [-0.1, -0.05) is 26.0 Å². The number of hydrogen-bond donors (Lipinski definition) is 1. The van der Waals surface area contributed by atoms with E-state index in [-0.39, 0.29) is 0 Å². The summed E-state index contributed by atoms with van der Waals surface area (Å²) in [5, 5.41) is 4.27. The molecule has 1 N–H and O–H groups in total. The number of aromatic nitrogens is 2. The lowest BCUT2D eigenvalue weighted by atomic mass is 10.2. The van der Waals surface area contributed by atoms with Crippen LogP contribution < -0.4 is 5.32 Å². The van der Waals surface area contributed by atoms with Crippen molar-refractivity contribution >= 4 is 32.8 Å². The summed E-state index contributed by atoms with van der Waals surface area (Å²) in [6.07, 6.45) is 1.84. The molecule has 0 atom stereocenters. The summed E-state index contributed by atoms with van der Waals surface area (Å²) >= 11 is 3.49. The van der Waals surface area contributed by atoms with Gasteiger partial charge in [0.25, 0.3) is 0 Å². The summed E-state index contributed by atoms with van der Waals surface area (Å²) in [6, 6.07) is 5.98. The molecule has 0 bridgehead atoms. The SMILES string of the molecule is CC(C)CNc1ncc2cccc(Br)c2n1. The van der Waals surface area contributed by atoms with Crippen molar-refractivity contribution in [2.75, 3.05) is 11.9 Å². The lowest BCUT2D eigenvalue weighted by molar-refractivity contribution is 0.685. The van der Waals surface area contributed by atoms with Gasteiger partial charge in [-0.25, -0.2) is 9.97 Å². The highest BCUT2D eigenvalue weighted by Gasteiger charge is 2.03. The van der Waals surface area contributed by atoms with Crippen LogP contribution in [-0.4, -0.2) is 16.5 Å². The van der Waals surface area contributed by atoms with Crippen LogP contribution in [0.25, 0.3) is 10.9 Å². The lowest BCUT2D eigenvalue weighted by Crippen LogP contribution is -2.10. The van der Waals surface area contributed by atoms with Crippen LogP contribution >= 0.6 is 15.9 Å². The summed E-state index contributed by atoms with van der Waals surface area (Å²) in [5.74, 6) is 1.27. The van der Waals surface area contributed by atoms with Crippen molar-refractivity contribution in [3.8, 4) is 0 Å². The Morgan fingerprint density at radius 3 is 2.94 bits per heavy atom. The molecule has 2 rings (SSSR count). The van der Waals surface area contributed by atoms with Gasteiger partial charge in [0.15, 0.2) is 0 Å². The Kier molecular flexibility index (Phi) is 3.39. The fourth-order valence-corrected chi connectivity index (χ4v) is 1.87. The van der Waals surface area contributed by atoms with Gasteiger partial charge in [-0.15, -0.1) is 0 Å². The minimum absolute atomic E-state index is 0.582. The van der Waals surface area contributed by atoms with E-state index < -0.39 is 0 Å². The number of fused-ring (bicyclic) bond motifs is 1. The quantitative estimate of drug-likeness (QED) is 0.935. The second kappa shape index (κ2) is 4.78. The van der Waals surface area contributed by atoms with Gasteiger partial charge in [-0.05, 0) is 27.9 Å². The van der Waals surface area contributed by atoms with Crippen LogP contribution in [0, 0.1) is 5.92 Å². The molecular formula is C12H14BrN3. The van der Waals surface area contributed by atoms with Crippen molar-refractivity contribution in [3.63, 3.8) is 0 Å². The van der Waals surface area contributed by atoms with Crippen LogP contribution in [0.15, 0.2) is 28.9 Å². The predicted octanol–water partition coefficient (Wildman–Crippen LogP) is 3.46. The maximum atomic E-state index is 4.48. The fourth-order valence-electron chi connectivity index (χ4n) is 1.40. The van der Waals surface area contributed by atoms with Crippen LogP contribution in [0.2, 0.25) is 0 Å². The number of halogens is 1. The standard InChI is InChI=1S/C12H14BrN3/c1-8(2)6-14-12-15-7-9-4-3-5-10(13)11(9)16-12/h3-5,7-8H,6H2,1-2H3,(H,14,15,16). The van der Waals surface area contributed by atoms with Crippen LogP contribution in [0.4, 0.5) is 5.95 Å². The number of hydrogen-bond acceptors (Lipinski definition) is 3. The van der Waals surface area contributed by atoms with Gasteiger partial charge in [0, 0.05) is 22.6 Å². The Hall–Kier alpha value is -1.16. The molecule has 1 heterocycles. The Bertz CT molecular complexity index is 497. The maximum Gasteiger partial charge on any atom is 0.223 e. The summed E-state index contributed by atoms with van der Waals surface area (Å²) in [6.45, 7) is 5.20. The molecule has 3 nitrogen and oxygen atoms in total. The zero-order chi connectivity index (χ0) is 11.5. The van der Waals surface area contributed by atoms with Crippen molar-refractivity contribution in [1.29, 1.82) is 0 Å². The minimum atomic E-state index is 0.582. The molecule has 0 aliphatic heterocycles. The maximum absolute atomic E-state index is 4.48. The van der Waals surface area contributed by atoms with Gasteiger partial charge >= 0.3 is 0 Å². The average molecular weight is 280 g/mol. The van der Waals surface area contributed by atoms with Gasteiger partial charge in [-0.2, -0.15) is 0 Å². The Morgan fingerprint density at radius 1 is 1.38 bits per heavy atom. The van der Waals surface area contributed by atoms with Crippen molar-refractivity contribution in [3.05, 3.63) is 28.9 Å². The largest absolute Gasteiger partial charge is 0.354 e. The highest BCUT2D eigenvalue weighted by molar-refractivity contribution is 9.10. The van der Waals surface area contributed by atoms with E-state index in [1.54, 1.807) is 0 Å². The first-order chi connectivity index (χ1) is 7.66. The summed E-state index contributed by atoms with van der Waals surface area (Å²) in [5.41, 5.74) is 0.948. The number of nitrogens with zero attached hydrogens (tertiary/aromatic N) is 2. The molecule has 0 unspecified atom stereocenters. The van der Waals surface area contributed by atoms with Crippen LogP contribution in [-0.2, 0) is 0 Å². The van der Waals surface area contributed by atoms with E-state index in [1.165, 1.54) is 0 Å². The van der Waals surface area contributed by atoms with Gasteiger partial charge in [0.1, 0.15) is 0 Å². The molecule has 1 aromatic carbocycles. The first kappa shape index (κ1) is 11.3. The zero-order valence-electron chi connectivity index (χ0n) is 9.37. The van der Waals surface area contributed by atoms with Gasteiger partial charge < -0.3 is 5.32 Å². The first-order valence-corrected chi connectivity index (χ1v) is 6.11. The van der Waals surface area contributed by atoms with Crippen LogP contribution in [0.5, 0.6) is 0 Å². The Balaban J connectivity index is 2.32. The van der Waals surface area contributed by atoms with Gasteiger partial charge in [0.05, 0.1) is 5.52 Å². The highest BCUT2D eigenvalue weighted by Crippen LogP contribution is 2.21. The third-order valence-corrected chi connectivity index (χ3v) is 2.87. The molecule has 0 aliphatic rings. The lowest BCUT2D eigenvalue weighted by Gasteiger charge is -2.08. The van der Waals surface area contributed by atoms with Crippen molar-refractivity contribution in [2.24, 2.45) is 5.92 Å². The van der Waals surface area contributed by atoms with E-state index in [0.717, 1.165) is 21.9 Å². The molecule has 16 heavy (non-hydrogen) atoms. The summed E-state index contributed by atoms with van der Waals surface area (Å²) in [4.78, 5) is 8.75. The molecule has 84 valence electrons. The normalized spacial score (nSPS) is 11.0. The molecule has 0 amide bonds. The number of benzene rings is 1. The summed E-state index contributed by atoms with van der Waals surface area (Å²) in [7, 11) is 0. The summed E-state index contributed by atoms with van der Waals surface area (Å²) < 4.78 is 1.000. The third kappa shape index (κ3) is 2.50. The average Bonchev–Trinajstić information content (AvgIpc) is 2.27. The van der Waals surface area contributed by atoms with Crippen LogP contribution in [0.3, 0.4) is 0 Å². The number of para-hydroxylation sites is 1. The second-order valence-corrected chi connectivity index (χ2v) is 5.00. The molecule has 0 saturated heterocycles. The van der Waals surface area contributed by atoms with E-state index >= 15 is 0 Å². The molecule has 0 spiro atoms. The molecule has 4 heteroatoms. The molecule has 0 fully saturated rings. The Morgan fingerprint density at radius 2 is 2.19 bits per heavy atom. The predicted molar refractivity (Wildman–Crippen MR) is 70.6 cm³/mol. The van der Waals surface area contributed by atoms with E-state index in [0.29, 0.717) is 11.9 Å². The van der Waals surface area contributed by atoms with Crippen molar-refractivity contribution in [1.82, 2.24) is 9.97 Å². The van der Waals surface area contributed by atoms with Crippen molar-refractivity contribution < 1.29 is 0 Å². The van der Waals surface area contributed by atoms with E-state index in [2.05, 4.69) is 45.1 Å². The molecule has 0 aliphatic carbocycles. The third-order valence-electron chi connectivity index (χ3n) is 2.23. The second-order valence-electron chi connectivity index (χ2n) is 4.15. The van der Waals surface area contributed by atoms with E-state index in [4.69, 9.17) is 0 Å². The first-order valence-electron chi connectivity index (χ1n) is 5.32. The highest BCUT2D eigenvalue weighted by atomic mass is 79.9. The van der Waals surface area contributed by atoms with Gasteiger partial charge in [0.2, 0.25) is 5.95 Å². The fraction of sp³-hybridized carbons (Fsp3) is 0.333. The molecule has 0 saturated carbocycles. The minimum Gasteiger partial charge on any atom is -0.354 e. The monoisotopic (exact) mass is 279 g/mol. The molecular weight excluding hydrogens is 266 g/mol. The smallest absolute Gasteiger partial charge is 0.223 e. The Labute approximate surface area is 103 Å². The topological polar surface area (TPSA) is 37.8 Å². The van der Waals surface area contributed by atoms with E-state index in [9.17, 15) is 0 Å². The number of nitrogens with one attached hydrogen (secondary N) is 1. The number of rotatable bonds is 3. The zero-order valence-corrected chi connectivity index (χ0v) is 11.0. The van der Waals surface area contributed by atoms with E-state index in [1.807, 2.05) is 24.4 Å². The van der Waals surface area contributed by atoms with Crippen molar-refractivity contribution in [2.45, 2.75) is 13.8 Å². The molecule has 2 aromatic rings. The molecule has 1 aromatic heterocycles. The molecule has 0 radical (unpaired) electrons.